The van der Waals surface area contributed by atoms with Gasteiger partial charge in [0.25, 0.3) is 0 Å². The lowest BCUT2D eigenvalue weighted by molar-refractivity contribution is -0.131. The maximum Gasteiger partial charge on any atom is 0.227 e. The molecule has 3 nitrogen and oxygen atoms in total. The summed E-state index contributed by atoms with van der Waals surface area (Å²) in [5.74, 6) is -0.290. The molecular formula is C7H13Cl2NO2. The Bertz CT molecular complexity index is 165. The molecule has 5 heteroatoms. The molecular weight excluding hydrogens is 201 g/mol. The molecule has 1 atom stereocenters. The first-order valence-electron chi connectivity index (χ1n) is 3.52. The van der Waals surface area contributed by atoms with Gasteiger partial charge in [-0.15, -0.1) is 23.2 Å². The van der Waals surface area contributed by atoms with E-state index in [0.29, 0.717) is 0 Å². The van der Waals surface area contributed by atoms with Gasteiger partial charge in [0.05, 0.1) is 0 Å². The van der Waals surface area contributed by atoms with Crippen LogP contribution in [0.3, 0.4) is 0 Å². The smallest absolute Gasteiger partial charge is 0.227 e. The van der Waals surface area contributed by atoms with Gasteiger partial charge in [0.15, 0.2) is 11.1 Å². The van der Waals surface area contributed by atoms with Crippen LogP contribution in [0.25, 0.3) is 0 Å². The minimum absolute atomic E-state index is 0.290. The number of carbonyl (C=O) groups excluding carboxylic acids is 1. The number of halogens is 2. The summed E-state index contributed by atoms with van der Waals surface area (Å²) in [6, 6.07) is 0. The Kier molecular flexibility index (Phi) is 4.31. The van der Waals surface area contributed by atoms with Crippen molar-refractivity contribution in [2.45, 2.75) is 31.8 Å². The molecule has 0 aromatic carbocycles. The van der Waals surface area contributed by atoms with E-state index in [-0.39, 0.29) is 5.91 Å². The number of rotatable bonds is 2. The number of amides is 1. The molecule has 2 N–H and O–H groups in total. The van der Waals surface area contributed by atoms with E-state index in [0.717, 1.165) is 0 Å². The Morgan fingerprint density at radius 2 is 1.83 bits per heavy atom. The molecule has 0 saturated heterocycles. The average molecular weight is 214 g/mol. The van der Waals surface area contributed by atoms with Crippen molar-refractivity contribution in [1.29, 1.82) is 0 Å². The Balaban J connectivity index is 4.02. The fourth-order valence-corrected chi connectivity index (χ4v) is 0.540. The van der Waals surface area contributed by atoms with Crippen molar-refractivity contribution in [2.24, 2.45) is 5.41 Å². The standard InChI is InChI=1S/C7H13Cl2NO2/c1-7(2,3)6(12)10-5(11)4(8)9/h4-5,11H,1-3H3,(H,10,12)/t5-/m1/s1. The number of nitrogens with one attached hydrogen (secondary N) is 1. The minimum Gasteiger partial charge on any atom is -0.371 e. The van der Waals surface area contributed by atoms with Crippen molar-refractivity contribution >= 4 is 29.1 Å². The highest BCUT2D eigenvalue weighted by molar-refractivity contribution is 6.44. The van der Waals surface area contributed by atoms with E-state index >= 15 is 0 Å². The van der Waals surface area contributed by atoms with Gasteiger partial charge in [0.2, 0.25) is 5.91 Å². The predicted octanol–water partition coefficient (Wildman–Crippen LogP) is 1.27. The summed E-state index contributed by atoms with van der Waals surface area (Å²) in [7, 11) is 0. The number of hydrogen-bond donors (Lipinski definition) is 2. The van der Waals surface area contributed by atoms with Crippen LogP contribution in [0.4, 0.5) is 0 Å². The van der Waals surface area contributed by atoms with Gasteiger partial charge in [-0.2, -0.15) is 0 Å². The van der Waals surface area contributed by atoms with Crippen LogP contribution in [0.1, 0.15) is 20.8 Å². The molecule has 0 bridgehead atoms. The van der Waals surface area contributed by atoms with Crippen LogP contribution in [-0.2, 0) is 4.79 Å². The number of aliphatic hydroxyl groups excluding tert-OH is 1. The topological polar surface area (TPSA) is 49.3 Å². The maximum atomic E-state index is 11.2. The van der Waals surface area contributed by atoms with Crippen LogP contribution in [0, 0.1) is 5.41 Å². The lowest BCUT2D eigenvalue weighted by Gasteiger charge is -2.21. The predicted molar refractivity (Wildman–Crippen MR) is 49.1 cm³/mol. The molecule has 0 aliphatic heterocycles. The zero-order valence-electron chi connectivity index (χ0n) is 7.27. The van der Waals surface area contributed by atoms with E-state index in [1.165, 1.54) is 0 Å². The van der Waals surface area contributed by atoms with E-state index in [4.69, 9.17) is 28.3 Å². The second-order valence-electron chi connectivity index (χ2n) is 3.50. The third-order valence-electron chi connectivity index (χ3n) is 1.20. The van der Waals surface area contributed by atoms with Crippen LogP contribution in [0.2, 0.25) is 0 Å². The molecule has 1 amide bonds. The van der Waals surface area contributed by atoms with Gasteiger partial charge in [-0.05, 0) is 0 Å². The summed E-state index contributed by atoms with van der Waals surface area (Å²) < 4.78 is 0. The first-order chi connectivity index (χ1) is 5.25. The lowest BCUT2D eigenvalue weighted by atomic mass is 9.96. The molecule has 0 radical (unpaired) electrons. The fraction of sp³-hybridized carbons (Fsp3) is 0.857. The van der Waals surface area contributed by atoms with Crippen molar-refractivity contribution in [3.63, 3.8) is 0 Å². The highest BCUT2D eigenvalue weighted by Crippen LogP contribution is 2.14. The van der Waals surface area contributed by atoms with E-state index in [1.807, 2.05) is 0 Å². The van der Waals surface area contributed by atoms with Gasteiger partial charge in [-0.25, -0.2) is 0 Å². The largest absolute Gasteiger partial charge is 0.371 e. The Morgan fingerprint density at radius 1 is 1.42 bits per heavy atom. The van der Waals surface area contributed by atoms with Crippen molar-refractivity contribution < 1.29 is 9.90 Å². The first kappa shape index (κ1) is 12.0. The number of hydrogen-bond acceptors (Lipinski definition) is 2. The number of aliphatic hydroxyl groups is 1. The fourth-order valence-electron chi connectivity index (χ4n) is 0.414. The molecule has 0 saturated carbocycles. The number of carbonyl (C=O) groups is 1. The second kappa shape index (κ2) is 4.30. The zero-order valence-corrected chi connectivity index (χ0v) is 8.78. The molecule has 0 aliphatic carbocycles. The Hall–Kier alpha value is 0.01000. The normalized spacial score (nSPS) is 14.6. The van der Waals surface area contributed by atoms with Gasteiger partial charge in [-0.1, -0.05) is 20.8 Å². The number of alkyl halides is 2. The van der Waals surface area contributed by atoms with Crippen molar-refractivity contribution in [3.05, 3.63) is 0 Å². The molecule has 0 unspecified atom stereocenters. The van der Waals surface area contributed by atoms with Crippen LogP contribution >= 0.6 is 23.2 Å². The molecule has 0 heterocycles. The first-order valence-corrected chi connectivity index (χ1v) is 4.39. The highest BCUT2D eigenvalue weighted by Gasteiger charge is 2.25. The van der Waals surface area contributed by atoms with Crippen LogP contribution in [-0.4, -0.2) is 22.1 Å². The molecule has 0 aliphatic rings. The quantitative estimate of drug-likeness (QED) is 0.537. The Morgan fingerprint density at radius 3 is 2.08 bits per heavy atom. The van der Waals surface area contributed by atoms with Gasteiger partial charge < -0.3 is 10.4 Å². The summed E-state index contributed by atoms with van der Waals surface area (Å²) in [5.41, 5.74) is -0.552. The summed E-state index contributed by atoms with van der Waals surface area (Å²) in [6.07, 6.45) is -1.21. The molecule has 12 heavy (non-hydrogen) atoms. The van der Waals surface area contributed by atoms with E-state index < -0.39 is 16.5 Å². The zero-order chi connectivity index (χ0) is 9.94. The summed E-state index contributed by atoms with van der Waals surface area (Å²) in [5, 5.41) is 11.3. The van der Waals surface area contributed by atoms with Gasteiger partial charge >= 0.3 is 0 Å². The lowest BCUT2D eigenvalue weighted by Crippen LogP contribution is -2.44. The summed E-state index contributed by atoms with van der Waals surface area (Å²) in [4.78, 5) is 10.2. The third kappa shape index (κ3) is 4.14. The molecule has 72 valence electrons. The molecule has 0 rings (SSSR count). The molecule has 0 fully saturated rings. The van der Waals surface area contributed by atoms with Crippen LogP contribution < -0.4 is 5.32 Å². The van der Waals surface area contributed by atoms with E-state index in [9.17, 15) is 4.79 Å². The van der Waals surface area contributed by atoms with E-state index in [1.54, 1.807) is 20.8 Å². The third-order valence-corrected chi connectivity index (χ3v) is 1.68. The highest BCUT2D eigenvalue weighted by atomic mass is 35.5. The van der Waals surface area contributed by atoms with E-state index in [2.05, 4.69) is 5.32 Å². The minimum atomic E-state index is -1.21. The van der Waals surface area contributed by atoms with Crippen LogP contribution in [0.5, 0.6) is 0 Å². The SMILES string of the molecule is CC(C)(C)C(=O)N[C@H](O)C(Cl)Cl. The van der Waals surface area contributed by atoms with Crippen LogP contribution in [0.15, 0.2) is 0 Å². The molecule has 0 aromatic heterocycles. The maximum absolute atomic E-state index is 11.2. The monoisotopic (exact) mass is 213 g/mol. The van der Waals surface area contributed by atoms with Gasteiger partial charge in [-0.3, -0.25) is 4.79 Å². The summed E-state index contributed by atoms with van der Waals surface area (Å²) >= 11 is 10.6. The molecule has 0 spiro atoms. The van der Waals surface area contributed by atoms with Gasteiger partial charge in [0, 0.05) is 5.41 Å². The van der Waals surface area contributed by atoms with Gasteiger partial charge in [0.1, 0.15) is 0 Å². The molecule has 0 aromatic rings. The average Bonchev–Trinajstić information content (AvgIpc) is 1.85. The summed E-state index contributed by atoms with van der Waals surface area (Å²) in [6.45, 7) is 5.19. The van der Waals surface area contributed by atoms with Crippen molar-refractivity contribution in [2.75, 3.05) is 0 Å². The van der Waals surface area contributed by atoms with Crippen molar-refractivity contribution in [3.8, 4) is 0 Å². The van der Waals surface area contributed by atoms with Crippen molar-refractivity contribution in [1.82, 2.24) is 5.32 Å². The Labute approximate surface area is 82.0 Å². The second-order valence-corrected chi connectivity index (χ2v) is 4.67.